The standard InChI is InChI=1S/C18H22N4O2/c19-16(23)13-8-21-17-12(1-2-20-17)15(13)22-14-10-3-9-4-11(14)7-18(24,5-9)6-10/h1-2,8-11,14,24H,3-7H2,(H2,19,23)(H2,20,21,22)/p+1/t9?,10-,11+,14?,18?. The number of nitrogens with two attached hydrogens (primary N) is 1. The number of amides is 1. The van der Waals surface area contributed by atoms with Crippen molar-refractivity contribution in [3.63, 3.8) is 0 Å². The minimum absolute atomic E-state index is 0.306. The van der Waals surface area contributed by atoms with Gasteiger partial charge >= 0.3 is 0 Å². The molecule has 24 heavy (non-hydrogen) atoms. The van der Waals surface area contributed by atoms with Crippen LogP contribution in [0.3, 0.4) is 0 Å². The zero-order valence-electron chi connectivity index (χ0n) is 13.5. The fourth-order valence-corrected chi connectivity index (χ4v) is 5.79. The van der Waals surface area contributed by atoms with E-state index in [0.717, 1.165) is 36.0 Å². The third-order valence-corrected chi connectivity index (χ3v) is 6.46. The number of rotatable bonds is 3. The highest BCUT2D eigenvalue weighted by atomic mass is 16.3. The van der Waals surface area contributed by atoms with Gasteiger partial charge in [-0.1, -0.05) is 0 Å². The van der Waals surface area contributed by atoms with E-state index in [-0.39, 0.29) is 0 Å². The van der Waals surface area contributed by atoms with Gasteiger partial charge in [0.1, 0.15) is 11.8 Å². The van der Waals surface area contributed by atoms with E-state index in [1.807, 2.05) is 12.3 Å². The van der Waals surface area contributed by atoms with Crippen molar-refractivity contribution in [2.45, 2.75) is 43.7 Å². The molecule has 2 aromatic rings. The molecule has 6 N–H and O–H groups in total. The lowest BCUT2D eigenvalue weighted by atomic mass is 9.52. The number of primary amides is 1. The first-order valence-electron chi connectivity index (χ1n) is 8.83. The maximum absolute atomic E-state index is 11.9. The second-order valence-corrected chi connectivity index (χ2v) is 8.07. The maximum Gasteiger partial charge on any atom is 0.286 e. The SMILES string of the molecule is NC(=O)c1c[nH+]c2[nH]ccc2c1NC1[C@@H]2CC3C[C@H]1CC(O)(C3)C2. The third kappa shape index (κ3) is 1.99. The molecule has 1 amide bonds. The van der Waals surface area contributed by atoms with Crippen molar-refractivity contribution < 1.29 is 14.9 Å². The number of aliphatic hydroxyl groups is 1. The number of pyridine rings is 1. The number of hydrogen-bond acceptors (Lipinski definition) is 3. The summed E-state index contributed by atoms with van der Waals surface area (Å²) in [5.41, 5.74) is 7.34. The fourth-order valence-electron chi connectivity index (χ4n) is 5.79. The van der Waals surface area contributed by atoms with Crippen LogP contribution in [0.2, 0.25) is 0 Å². The summed E-state index contributed by atoms with van der Waals surface area (Å²) in [6.07, 6.45) is 8.61. The number of aromatic amines is 2. The smallest absolute Gasteiger partial charge is 0.286 e. The molecule has 4 fully saturated rings. The molecular weight excluding hydrogens is 304 g/mol. The van der Waals surface area contributed by atoms with Crippen LogP contribution in [-0.4, -0.2) is 27.6 Å². The summed E-state index contributed by atoms with van der Waals surface area (Å²) in [7, 11) is 0. The number of aromatic nitrogens is 2. The fraction of sp³-hybridized carbons (Fsp3) is 0.556. The molecule has 0 spiro atoms. The van der Waals surface area contributed by atoms with Crippen LogP contribution in [0.15, 0.2) is 18.5 Å². The number of carbonyl (C=O) groups excluding carboxylic acids is 1. The molecule has 2 heterocycles. The first-order chi connectivity index (χ1) is 11.5. The van der Waals surface area contributed by atoms with Crippen molar-refractivity contribution in [1.82, 2.24) is 4.98 Å². The highest BCUT2D eigenvalue weighted by molar-refractivity contribution is 6.05. The molecule has 0 radical (unpaired) electrons. The molecule has 0 saturated heterocycles. The predicted molar refractivity (Wildman–Crippen MR) is 89.3 cm³/mol. The van der Waals surface area contributed by atoms with Gasteiger partial charge in [-0.2, -0.15) is 0 Å². The number of carbonyl (C=O) groups is 1. The Morgan fingerprint density at radius 2 is 2.08 bits per heavy atom. The zero-order valence-corrected chi connectivity index (χ0v) is 13.5. The van der Waals surface area contributed by atoms with Crippen LogP contribution in [0.5, 0.6) is 0 Å². The Kier molecular flexibility index (Phi) is 2.81. The second-order valence-electron chi connectivity index (χ2n) is 8.07. The summed E-state index contributed by atoms with van der Waals surface area (Å²) in [6.45, 7) is 0. The Bertz CT molecular complexity index is 814. The van der Waals surface area contributed by atoms with Crippen molar-refractivity contribution >= 4 is 22.6 Å². The van der Waals surface area contributed by atoms with Crippen LogP contribution in [0, 0.1) is 17.8 Å². The number of nitrogens with one attached hydrogen (secondary N) is 3. The Balaban J connectivity index is 1.54. The van der Waals surface area contributed by atoms with Gasteiger partial charge in [0.15, 0.2) is 0 Å². The number of anilines is 1. The summed E-state index contributed by atoms with van der Waals surface area (Å²) in [5, 5.41) is 15.4. The molecule has 4 bridgehead atoms. The Hall–Kier alpha value is -2.08. The van der Waals surface area contributed by atoms with Crippen molar-refractivity contribution in [3.8, 4) is 0 Å². The monoisotopic (exact) mass is 327 g/mol. The van der Waals surface area contributed by atoms with E-state index in [1.54, 1.807) is 6.20 Å². The molecule has 3 unspecified atom stereocenters. The minimum Gasteiger partial charge on any atom is -0.390 e. The largest absolute Gasteiger partial charge is 0.390 e. The molecule has 4 aliphatic rings. The third-order valence-electron chi connectivity index (χ3n) is 6.46. The zero-order chi connectivity index (χ0) is 16.5. The van der Waals surface area contributed by atoms with E-state index in [4.69, 9.17) is 5.73 Å². The van der Waals surface area contributed by atoms with Crippen molar-refractivity contribution in [2.24, 2.45) is 23.5 Å². The molecule has 126 valence electrons. The molecule has 4 saturated carbocycles. The van der Waals surface area contributed by atoms with Gasteiger partial charge in [0.05, 0.1) is 22.9 Å². The van der Waals surface area contributed by atoms with E-state index in [2.05, 4.69) is 15.3 Å². The Morgan fingerprint density at radius 1 is 1.33 bits per heavy atom. The predicted octanol–water partition coefficient (Wildman–Crippen LogP) is 1.43. The summed E-state index contributed by atoms with van der Waals surface area (Å²) in [5.74, 6) is 1.18. The lowest BCUT2D eigenvalue weighted by Gasteiger charge is -2.58. The summed E-state index contributed by atoms with van der Waals surface area (Å²) < 4.78 is 0. The first kappa shape index (κ1) is 14.3. The molecule has 5 atom stereocenters. The van der Waals surface area contributed by atoms with Gasteiger partial charge in [0.2, 0.25) is 0 Å². The Labute approximate surface area is 139 Å². The first-order valence-corrected chi connectivity index (χ1v) is 8.83. The summed E-state index contributed by atoms with van der Waals surface area (Å²) >= 11 is 0. The van der Waals surface area contributed by atoms with Gasteiger partial charge in [0, 0.05) is 6.04 Å². The van der Waals surface area contributed by atoms with Crippen LogP contribution in [0.25, 0.3) is 11.0 Å². The average molecular weight is 327 g/mol. The molecule has 6 nitrogen and oxygen atoms in total. The topological polar surface area (TPSA) is 105 Å². The number of fused-ring (bicyclic) bond motifs is 1. The van der Waals surface area contributed by atoms with Crippen LogP contribution in [0.4, 0.5) is 5.69 Å². The lowest BCUT2D eigenvalue weighted by Crippen LogP contribution is -2.59. The second kappa shape index (κ2) is 4.72. The molecule has 6 heteroatoms. The van der Waals surface area contributed by atoms with Crippen LogP contribution in [-0.2, 0) is 0 Å². The van der Waals surface area contributed by atoms with Gasteiger partial charge in [0.25, 0.3) is 11.6 Å². The molecule has 0 aliphatic heterocycles. The van der Waals surface area contributed by atoms with E-state index in [1.165, 1.54) is 12.8 Å². The van der Waals surface area contributed by atoms with Gasteiger partial charge in [-0.15, -0.1) is 0 Å². The van der Waals surface area contributed by atoms with Gasteiger partial charge in [-0.05, 0) is 55.9 Å². The molecule has 6 rings (SSSR count). The highest BCUT2D eigenvalue weighted by Gasteiger charge is 2.54. The van der Waals surface area contributed by atoms with Crippen LogP contribution >= 0.6 is 0 Å². The van der Waals surface area contributed by atoms with Gasteiger partial charge in [-0.3, -0.25) is 4.79 Å². The van der Waals surface area contributed by atoms with Crippen molar-refractivity contribution in [1.29, 1.82) is 0 Å². The van der Waals surface area contributed by atoms with Crippen LogP contribution in [0.1, 0.15) is 42.5 Å². The quantitative estimate of drug-likeness (QED) is 0.685. The van der Waals surface area contributed by atoms with Crippen molar-refractivity contribution in [3.05, 3.63) is 24.0 Å². The average Bonchev–Trinajstić information content (AvgIpc) is 2.97. The minimum atomic E-state index is -0.449. The van der Waals surface area contributed by atoms with Gasteiger partial charge < -0.3 is 16.2 Å². The number of hydrogen-bond donors (Lipinski definition) is 4. The summed E-state index contributed by atoms with van der Waals surface area (Å²) in [4.78, 5) is 18.1. The molecule has 0 aromatic carbocycles. The maximum atomic E-state index is 11.9. The summed E-state index contributed by atoms with van der Waals surface area (Å²) in [6, 6.07) is 2.27. The van der Waals surface area contributed by atoms with Crippen molar-refractivity contribution in [2.75, 3.05) is 5.32 Å². The molecule has 2 aromatic heterocycles. The highest BCUT2D eigenvalue weighted by Crippen LogP contribution is 2.56. The van der Waals surface area contributed by atoms with E-state index in [9.17, 15) is 9.90 Å². The number of H-pyrrole nitrogens is 2. The Morgan fingerprint density at radius 3 is 2.75 bits per heavy atom. The molecule has 4 aliphatic carbocycles. The lowest BCUT2D eigenvalue weighted by molar-refractivity contribution is -0.347. The molecular formula is C18H23N4O2+. The van der Waals surface area contributed by atoms with Crippen LogP contribution < -0.4 is 16.0 Å². The van der Waals surface area contributed by atoms with E-state index in [0.29, 0.717) is 29.4 Å². The van der Waals surface area contributed by atoms with E-state index < -0.39 is 11.5 Å². The van der Waals surface area contributed by atoms with Gasteiger partial charge in [-0.25, -0.2) is 9.97 Å². The van der Waals surface area contributed by atoms with E-state index >= 15 is 0 Å². The normalized spacial score (nSPS) is 37.0.